The van der Waals surface area contributed by atoms with Crippen LogP contribution >= 0.6 is 0 Å². The van der Waals surface area contributed by atoms with Crippen LogP contribution in [0, 0.1) is 5.92 Å². The largest absolute Gasteiger partial charge is 0.405 e. The molecule has 27 heavy (non-hydrogen) atoms. The Morgan fingerprint density at radius 1 is 0.926 bits per heavy atom. The van der Waals surface area contributed by atoms with Crippen LogP contribution in [-0.4, -0.2) is 40.3 Å². The summed E-state index contributed by atoms with van der Waals surface area (Å²) in [7, 11) is -2.48. The van der Waals surface area contributed by atoms with Crippen molar-refractivity contribution in [2.45, 2.75) is 44.4 Å². The molecule has 3 atom stereocenters. The van der Waals surface area contributed by atoms with Crippen molar-refractivity contribution in [1.29, 1.82) is 0 Å². The van der Waals surface area contributed by atoms with Crippen molar-refractivity contribution in [3.63, 3.8) is 0 Å². The van der Waals surface area contributed by atoms with Crippen LogP contribution in [-0.2, 0) is 13.9 Å². The van der Waals surface area contributed by atoms with Gasteiger partial charge in [0.05, 0.1) is 25.4 Å². The normalized spacial score (nSPS) is 25.5. The van der Waals surface area contributed by atoms with Crippen LogP contribution in [0.4, 0.5) is 0 Å². The van der Waals surface area contributed by atoms with E-state index in [1.807, 2.05) is 0 Å². The minimum atomic E-state index is -2.48. The van der Waals surface area contributed by atoms with Crippen molar-refractivity contribution >= 4 is 18.7 Å². The first kappa shape index (κ1) is 18.9. The van der Waals surface area contributed by atoms with Crippen LogP contribution in [0.3, 0.4) is 0 Å². The molecule has 144 valence electrons. The molecule has 4 heteroatoms. The molecule has 0 bridgehead atoms. The van der Waals surface area contributed by atoms with Crippen LogP contribution < -0.4 is 10.4 Å². The molecule has 0 spiro atoms. The van der Waals surface area contributed by atoms with Gasteiger partial charge in [-0.1, -0.05) is 81.4 Å². The van der Waals surface area contributed by atoms with Crippen LogP contribution in [0.1, 0.15) is 27.2 Å². The molecule has 3 nitrogen and oxygen atoms in total. The maximum Gasteiger partial charge on any atom is 0.261 e. The summed E-state index contributed by atoms with van der Waals surface area (Å²) in [6, 6.07) is 21.6. The van der Waals surface area contributed by atoms with Gasteiger partial charge in [0.2, 0.25) is 0 Å². The quantitative estimate of drug-likeness (QED) is 0.742. The lowest BCUT2D eigenvalue weighted by atomic mass is 9.99. The van der Waals surface area contributed by atoms with Crippen LogP contribution in [0.2, 0.25) is 5.04 Å². The fraction of sp³-hybridized carbons (Fsp3) is 0.478. The van der Waals surface area contributed by atoms with Gasteiger partial charge >= 0.3 is 0 Å². The topological polar surface area (TPSA) is 27.7 Å². The van der Waals surface area contributed by atoms with Gasteiger partial charge in [-0.05, 0) is 21.8 Å². The van der Waals surface area contributed by atoms with Gasteiger partial charge in [0, 0.05) is 12.5 Å². The molecule has 0 N–H and O–H groups in total. The summed E-state index contributed by atoms with van der Waals surface area (Å²) in [5.41, 5.74) is 0. The van der Waals surface area contributed by atoms with E-state index in [4.69, 9.17) is 13.9 Å². The summed E-state index contributed by atoms with van der Waals surface area (Å²) in [6.45, 7) is 9.15. The van der Waals surface area contributed by atoms with E-state index in [0.29, 0.717) is 19.1 Å². The molecule has 0 amide bonds. The van der Waals surface area contributed by atoms with E-state index in [1.165, 1.54) is 10.4 Å². The molecule has 0 saturated carbocycles. The Labute approximate surface area is 163 Å². The molecule has 2 aliphatic rings. The zero-order valence-corrected chi connectivity index (χ0v) is 17.6. The first-order chi connectivity index (χ1) is 13.0. The summed E-state index contributed by atoms with van der Waals surface area (Å²) in [6.07, 6.45) is 1.48. The average molecular weight is 383 g/mol. The van der Waals surface area contributed by atoms with Gasteiger partial charge in [-0.2, -0.15) is 0 Å². The van der Waals surface area contributed by atoms with Gasteiger partial charge < -0.3 is 13.9 Å². The van der Waals surface area contributed by atoms with E-state index in [2.05, 4.69) is 81.4 Å². The Morgan fingerprint density at radius 3 is 2.07 bits per heavy atom. The second-order valence-corrected chi connectivity index (χ2v) is 13.0. The highest BCUT2D eigenvalue weighted by Crippen LogP contribution is 2.38. The molecule has 2 heterocycles. The van der Waals surface area contributed by atoms with Crippen molar-refractivity contribution in [3.8, 4) is 0 Å². The molecular formula is C23H30O3Si. The molecule has 0 unspecified atom stereocenters. The van der Waals surface area contributed by atoms with Gasteiger partial charge in [0.1, 0.15) is 0 Å². The lowest BCUT2D eigenvalue weighted by Crippen LogP contribution is -2.67. The van der Waals surface area contributed by atoms with Gasteiger partial charge in [-0.15, -0.1) is 0 Å². The minimum Gasteiger partial charge on any atom is -0.405 e. The Morgan fingerprint density at radius 2 is 1.52 bits per heavy atom. The fourth-order valence-electron chi connectivity index (χ4n) is 4.74. The third-order valence-corrected chi connectivity index (χ3v) is 11.1. The first-order valence-corrected chi connectivity index (χ1v) is 11.9. The highest BCUT2D eigenvalue weighted by molar-refractivity contribution is 6.99. The van der Waals surface area contributed by atoms with Crippen molar-refractivity contribution in [2.24, 2.45) is 5.92 Å². The lowest BCUT2D eigenvalue weighted by molar-refractivity contribution is 0.0266. The summed E-state index contributed by atoms with van der Waals surface area (Å²) in [4.78, 5) is 0. The summed E-state index contributed by atoms with van der Waals surface area (Å²) in [5.74, 6) is 0.475. The van der Waals surface area contributed by atoms with Gasteiger partial charge in [0.25, 0.3) is 8.32 Å². The third-order valence-electron chi connectivity index (χ3n) is 6.09. The predicted molar refractivity (Wildman–Crippen MR) is 111 cm³/mol. The van der Waals surface area contributed by atoms with Gasteiger partial charge in [0.15, 0.2) is 0 Å². The van der Waals surface area contributed by atoms with E-state index in [9.17, 15) is 0 Å². The zero-order chi connectivity index (χ0) is 18.9. The SMILES string of the molecule is CC(C)(C)[Si](OC[C@H]1OC[C@@H]2OCC[C@H]21)(c1ccccc1)c1ccccc1. The highest BCUT2D eigenvalue weighted by atomic mass is 28.4. The summed E-state index contributed by atoms with van der Waals surface area (Å²) < 4.78 is 18.9. The second-order valence-electron chi connectivity index (χ2n) is 8.71. The number of rotatable bonds is 5. The van der Waals surface area contributed by atoms with Crippen molar-refractivity contribution in [3.05, 3.63) is 60.7 Å². The predicted octanol–water partition coefficient (Wildman–Crippen LogP) is 3.37. The van der Waals surface area contributed by atoms with Crippen LogP contribution in [0.5, 0.6) is 0 Å². The first-order valence-electron chi connectivity index (χ1n) is 10.0. The maximum absolute atomic E-state index is 7.02. The number of hydrogen-bond donors (Lipinski definition) is 0. The molecule has 0 aliphatic carbocycles. The molecule has 0 aromatic heterocycles. The molecule has 2 fully saturated rings. The summed E-state index contributed by atoms with van der Waals surface area (Å²) in [5, 5.41) is 2.64. The number of ether oxygens (including phenoxy) is 2. The molecule has 2 aromatic carbocycles. The van der Waals surface area contributed by atoms with Crippen LogP contribution in [0.15, 0.2) is 60.7 Å². The molecule has 2 saturated heterocycles. The Balaban J connectivity index is 1.71. The monoisotopic (exact) mass is 382 g/mol. The van der Waals surface area contributed by atoms with Crippen molar-refractivity contribution in [1.82, 2.24) is 0 Å². The molecule has 4 rings (SSSR count). The highest BCUT2D eigenvalue weighted by Gasteiger charge is 2.51. The van der Waals surface area contributed by atoms with Crippen molar-refractivity contribution in [2.75, 3.05) is 19.8 Å². The standard InChI is InChI=1S/C23H30O3Si/c1-23(2,3)27(18-10-6-4-7-11-18,19-12-8-5-9-13-19)26-17-22-20-14-15-24-21(20)16-25-22/h4-13,20-22H,14-17H2,1-3H3/t20-,21+,22-/m1/s1. The molecule has 2 aromatic rings. The second kappa shape index (κ2) is 7.51. The molecular weight excluding hydrogens is 352 g/mol. The zero-order valence-electron chi connectivity index (χ0n) is 16.6. The minimum absolute atomic E-state index is 0.000111. The van der Waals surface area contributed by atoms with E-state index < -0.39 is 8.32 Å². The summed E-state index contributed by atoms with van der Waals surface area (Å²) >= 11 is 0. The van der Waals surface area contributed by atoms with Gasteiger partial charge in [-0.3, -0.25) is 0 Å². The van der Waals surface area contributed by atoms with E-state index in [0.717, 1.165) is 13.0 Å². The molecule has 0 radical (unpaired) electrons. The number of hydrogen-bond acceptors (Lipinski definition) is 3. The van der Waals surface area contributed by atoms with Gasteiger partial charge in [-0.25, -0.2) is 0 Å². The number of fused-ring (bicyclic) bond motifs is 1. The fourth-order valence-corrected chi connectivity index (χ4v) is 9.31. The Kier molecular flexibility index (Phi) is 5.25. The van der Waals surface area contributed by atoms with Crippen LogP contribution in [0.25, 0.3) is 0 Å². The lowest BCUT2D eigenvalue weighted by Gasteiger charge is -2.43. The van der Waals surface area contributed by atoms with E-state index in [-0.39, 0.29) is 17.2 Å². The Hall–Kier alpha value is -1.46. The van der Waals surface area contributed by atoms with E-state index >= 15 is 0 Å². The van der Waals surface area contributed by atoms with E-state index in [1.54, 1.807) is 0 Å². The smallest absolute Gasteiger partial charge is 0.261 e. The Bertz CT molecular complexity index is 702. The third kappa shape index (κ3) is 3.40. The number of benzene rings is 2. The maximum atomic E-state index is 7.02. The van der Waals surface area contributed by atoms with Crippen molar-refractivity contribution < 1.29 is 13.9 Å². The average Bonchev–Trinajstić information content (AvgIpc) is 3.27. The molecule has 2 aliphatic heterocycles.